The lowest BCUT2D eigenvalue weighted by Gasteiger charge is -2.07. The predicted molar refractivity (Wildman–Crippen MR) is 67.3 cm³/mol. The van der Waals surface area contributed by atoms with Crippen LogP contribution in [-0.4, -0.2) is 10.2 Å². The zero-order chi connectivity index (χ0) is 14.8. The first-order chi connectivity index (χ1) is 9.36. The van der Waals surface area contributed by atoms with E-state index in [1.165, 1.54) is 12.1 Å². The molecular formula is C12H11ClF3N3O. The minimum atomic E-state index is -4.33. The van der Waals surface area contributed by atoms with E-state index in [1.807, 2.05) is 0 Å². The average molecular weight is 306 g/mol. The third-order valence-electron chi connectivity index (χ3n) is 2.51. The number of aromatic nitrogens is 2. The van der Waals surface area contributed by atoms with Gasteiger partial charge >= 0.3 is 12.2 Å². The second kappa shape index (κ2) is 5.70. The maximum absolute atomic E-state index is 12.4. The lowest BCUT2D eigenvalue weighted by atomic mass is 10.1. The third-order valence-corrected chi connectivity index (χ3v) is 2.69. The molecule has 0 fully saturated rings. The van der Waals surface area contributed by atoms with Crippen LogP contribution in [0.2, 0.25) is 0 Å². The van der Waals surface area contributed by atoms with Crippen LogP contribution in [0.4, 0.5) is 19.2 Å². The number of hydrogen-bond donors (Lipinski definition) is 1. The van der Waals surface area contributed by atoms with Crippen molar-refractivity contribution >= 4 is 17.6 Å². The average Bonchev–Trinajstić information content (AvgIpc) is 2.85. The van der Waals surface area contributed by atoms with Crippen molar-refractivity contribution in [3.8, 4) is 0 Å². The molecule has 0 aliphatic rings. The van der Waals surface area contributed by atoms with Crippen molar-refractivity contribution in [2.75, 3.05) is 5.32 Å². The first-order valence-electron chi connectivity index (χ1n) is 5.74. The van der Waals surface area contributed by atoms with E-state index in [1.54, 1.807) is 6.92 Å². The molecule has 2 aromatic rings. The molecule has 1 N–H and O–H groups in total. The monoisotopic (exact) mass is 305 g/mol. The van der Waals surface area contributed by atoms with E-state index in [4.69, 9.17) is 16.0 Å². The molecule has 1 heterocycles. The van der Waals surface area contributed by atoms with Gasteiger partial charge in [-0.1, -0.05) is 17.2 Å². The molecule has 0 aliphatic heterocycles. The highest BCUT2D eigenvalue weighted by Gasteiger charge is 2.29. The van der Waals surface area contributed by atoms with Gasteiger partial charge in [0, 0.05) is 6.54 Å². The Morgan fingerprint density at radius 2 is 1.90 bits per heavy atom. The Morgan fingerprint density at radius 1 is 1.25 bits per heavy atom. The molecule has 0 saturated carbocycles. The van der Waals surface area contributed by atoms with E-state index < -0.39 is 17.1 Å². The fourth-order valence-corrected chi connectivity index (χ4v) is 1.54. The number of alkyl halides is 4. The quantitative estimate of drug-likeness (QED) is 0.867. The lowest BCUT2D eigenvalue weighted by molar-refractivity contribution is -0.137. The maximum atomic E-state index is 12.4. The molecule has 1 aromatic carbocycles. The molecule has 4 nitrogen and oxygen atoms in total. The van der Waals surface area contributed by atoms with Gasteiger partial charge in [0.25, 0.3) is 0 Å². The molecule has 1 atom stereocenters. The Balaban J connectivity index is 1.97. The Kier molecular flexibility index (Phi) is 4.17. The minimum absolute atomic E-state index is 0.174. The van der Waals surface area contributed by atoms with Crippen LogP contribution in [0.5, 0.6) is 0 Å². The number of nitrogens with zero attached hydrogens (tertiary/aromatic N) is 2. The molecule has 0 spiro atoms. The van der Waals surface area contributed by atoms with E-state index in [0.29, 0.717) is 5.56 Å². The van der Waals surface area contributed by atoms with Crippen LogP contribution in [0.3, 0.4) is 0 Å². The molecule has 2 rings (SSSR count). The summed E-state index contributed by atoms with van der Waals surface area (Å²) < 4.78 is 42.4. The van der Waals surface area contributed by atoms with E-state index in [0.717, 1.165) is 12.1 Å². The fourth-order valence-electron chi connectivity index (χ4n) is 1.46. The summed E-state index contributed by atoms with van der Waals surface area (Å²) in [7, 11) is 0. The van der Waals surface area contributed by atoms with Gasteiger partial charge in [0.05, 0.1) is 5.56 Å². The molecule has 0 bridgehead atoms. The van der Waals surface area contributed by atoms with Gasteiger partial charge in [0.2, 0.25) is 5.89 Å². The van der Waals surface area contributed by atoms with Gasteiger partial charge in [-0.3, -0.25) is 0 Å². The molecule has 0 radical (unpaired) electrons. The van der Waals surface area contributed by atoms with Crippen LogP contribution in [0, 0.1) is 0 Å². The number of benzene rings is 1. The molecule has 20 heavy (non-hydrogen) atoms. The standard InChI is InChI=1S/C12H11ClF3N3O/c1-7(13)10-18-19-11(20-10)17-6-8-2-4-9(5-3-8)12(14,15)16/h2-5,7H,6H2,1H3,(H,17,19). The number of halogens is 4. The van der Waals surface area contributed by atoms with E-state index in [2.05, 4.69) is 15.5 Å². The van der Waals surface area contributed by atoms with E-state index in [9.17, 15) is 13.2 Å². The topological polar surface area (TPSA) is 51.0 Å². The van der Waals surface area contributed by atoms with Gasteiger partial charge < -0.3 is 9.73 Å². The number of hydrogen-bond acceptors (Lipinski definition) is 4. The maximum Gasteiger partial charge on any atom is 0.416 e. The van der Waals surface area contributed by atoms with Gasteiger partial charge in [-0.05, 0) is 24.6 Å². The summed E-state index contributed by atoms with van der Waals surface area (Å²) in [6.07, 6.45) is -4.33. The largest absolute Gasteiger partial charge is 0.416 e. The summed E-state index contributed by atoms with van der Waals surface area (Å²) in [4.78, 5) is 0. The van der Waals surface area contributed by atoms with Crippen molar-refractivity contribution in [2.24, 2.45) is 0 Å². The smallest absolute Gasteiger partial charge is 0.406 e. The summed E-state index contributed by atoms with van der Waals surface area (Å²) in [5, 5.41) is 9.85. The first kappa shape index (κ1) is 14.6. The molecule has 108 valence electrons. The summed E-state index contributed by atoms with van der Waals surface area (Å²) in [6.45, 7) is 1.96. The first-order valence-corrected chi connectivity index (χ1v) is 6.17. The molecule has 0 saturated heterocycles. The van der Waals surface area contributed by atoms with E-state index >= 15 is 0 Å². The highest BCUT2D eigenvalue weighted by atomic mass is 35.5. The van der Waals surface area contributed by atoms with Gasteiger partial charge in [0.1, 0.15) is 5.38 Å². The number of nitrogens with one attached hydrogen (secondary N) is 1. The van der Waals surface area contributed by atoms with Crippen molar-refractivity contribution < 1.29 is 17.6 Å². The minimum Gasteiger partial charge on any atom is -0.406 e. The highest BCUT2D eigenvalue weighted by molar-refractivity contribution is 6.20. The number of anilines is 1. The van der Waals surface area contributed by atoms with Crippen LogP contribution in [0.1, 0.15) is 29.3 Å². The molecule has 0 amide bonds. The SMILES string of the molecule is CC(Cl)c1nnc(NCc2ccc(C(F)(F)F)cc2)o1. The molecule has 1 aromatic heterocycles. The second-order valence-electron chi connectivity index (χ2n) is 4.11. The van der Waals surface area contributed by atoms with Crippen LogP contribution in [0.25, 0.3) is 0 Å². The zero-order valence-corrected chi connectivity index (χ0v) is 11.2. The zero-order valence-electron chi connectivity index (χ0n) is 10.4. The molecule has 8 heteroatoms. The molecular weight excluding hydrogens is 295 g/mol. The summed E-state index contributed by atoms with van der Waals surface area (Å²) in [6, 6.07) is 5.00. The van der Waals surface area contributed by atoms with Gasteiger partial charge in [0.15, 0.2) is 0 Å². The molecule has 0 aliphatic carbocycles. The second-order valence-corrected chi connectivity index (χ2v) is 4.76. The van der Waals surface area contributed by atoms with Crippen molar-refractivity contribution in [1.29, 1.82) is 0 Å². The van der Waals surface area contributed by atoms with Crippen LogP contribution < -0.4 is 5.32 Å². The summed E-state index contributed by atoms with van der Waals surface area (Å²) in [5.41, 5.74) is -0.0195. The lowest BCUT2D eigenvalue weighted by Crippen LogP contribution is -2.05. The normalized spacial score (nSPS) is 13.2. The van der Waals surface area contributed by atoms with Crippen molar-refractivity contribution in [3.63, 3.8) is 0 Å². The summed E-state index contributed by atoms with van der Waals surface area (Å²) in [5.74, 6) is 0.279. The fraction of sp³-hybridized carbons (Fsp3) is 0.333. The third kappa shape index (κ3) is 3.63. The molecule has 1 unspecified atom stereocenters. The predicted octanol–water partition coefficient (Wildman–Crippen LogP) is 4.00. The van der Waals surface area contributed by atoms with Crippen molar-refractivity contribution in [2.45, 2.75) is 25.0 Å². The van der Waals surface area contributed by atoms with Crippen LogP contribution in [0.15, 0.2) is 28.7 Å². The Labute approximate surface area is 118 Å². The van der Waals surface area contributed by atoms with Gasteiger partial charge in [-0.25, -0.2) is 0 Å². The Morgan fingerprint density at radius 3 is 2.40 bits per heavy atom. The number of rotatable bonds is 4. The van der Waals surface area contributed by atoms with E-state index in [-0.39, 0.29) is 18.5 Å². The van der Waals surface area contributed by atoms with Crippen molar-refractivity contribution in [3.05, 3.63) is 41.3 Å². The highest BCUT2D eigenvalue weighted by Crippen LogP contribution is 2.29. The summed E-state index contributed by atoms with van der Waals surface area (Å²) >= 11 is 5.76. The van der Waals surface area contributed by atoms with Gasteiger partial charge in [-0.2, -0.15) is 13.2 Å². The van der Waals surface area contributed by atoms with Gasteiger partial charge in [-0.15, -0.1) is 16.7 Å². The van der Waals surface area contributed by atoms with Crippen LogP contribution in [-0.2, 0) is 12.7 Å². The van der Waals surface area contributed by atoms with Crippen LogP contribution >= 0.6 is 11.6 Å². The van der Waals surface area contributed by atoms with Crippen molar-refractivity contribution in [1.82, 2.24) is 10.2 Å². The Bertz CT molecular complexity index is 566. The Hall–Kier alpha value is -1.76.